The molecule has 0 aromatic carbocycles. The maximum atomic E-state index is 13.3. The number of hydrogen-bond acceptors (Lipinski definition) is 7. The zero-order valence-electron chi connectivity index (χ0n) is 16.8. The molecule has 3 fully saturated rings. The third-order valence-corrected chi connectivity index (χ3v) is 8.64. The van der Waals surface area contributed by atoms with Crippen molar-refractivity contribution in [3.8, 4) is 0 Å². The molecule has 156 valence electrons. The lowest BCUT2D eigenvalue weighted by Gasteiger charge is -2.43. The maximum Gasteiger partial charge on any atom is 0.242 e. The molecule has 1 N–H and O–H groups in total. The number of carbonyl (C=O) groups excluding carboxylic acids is 1. The fourth-order valence-corrected chi connectivity index (χ4v) is 6.97. The lowest BCUT2D eigenvalue weighted by molar-refractivity contribution is -0.122. The summed E-state index contributed by atoms with van der Waals surface area (Å²) in [6.45, 7) is 3.99. The minimum atomic E-state index is -0.122. The normalized spacial score (nSPS) is 25.0. The standard InChI is InChI=1S/C21H29N5OS2/c27-19(22-14-21(6-1-2-7-21)25-9-12-28-13-10-25)17-4-3-8-26(17)18-16-5-11-29-20(16)24-15-23-18/h5,11,15,17H,1-4,6-10,12-14H2,(H,22,27). The molecule has 2 aromatic rings. The molecule has 0 bridgehead atoms. The average molecular weight is 432 g/mol. The Morgan fingerprint density at radius 1 is 1.17 bits per heavy atom. The number of nitrogens with one attached hydrogen (secondary N) is 1. The fourth-order valence-electron chi connectivity index (χ4n) is 5.34. The van der Waals surface area contributed by atoms with Crippen LogP contribution in [0.4, 0.5) is 5.82 Å². The maximum absolute atomic E-state index is 13.3. The van der Waals surface area contributed by atoms with Crippen molar-refractivity contribution < 1.29 is 4.79 Å². The van der Waals surface area contributed by atoms with Crippen molar-refractivity contribution in [2.45, 2.75) is 50.1 Å². The molecule has 6 nitrogen and oxygen atoms in total. The van der Waals surface area contributed by atoms with Crippen LogP contribution in [0.3, 0.4) is 0 Å². The second-order valence-corrected chi connectivity index (χ2v) is 10.6. The van der Waals surface area contributed by atoms with E-state index in [-0.39, 0.29) is 17.5 Å². The molecule has 0 radical (unpaired) electrons. The van der Waals surface area contributed by atoms with E-state index in [2.05, 4.69) is 48.3 Å². The summed E-state index contributed by atoms with van der Waals surface area (Å²) in [6, 6.07) is 1.95. The van der Waals surface area contributed by atoms with Gasteiger partial charge in [-0.25, -0.2) is 9.97 Å². The van der Waals surface area contributed by atoms with Crippen LogP contribution in [0.5, 0.6) is 0 Å². The number of hydrogen-bond donors (Lipinski definition) is 1. The van der Waals surface area contributed by atoms with Gasteiger partial charge in [-0.3, -0.25) is 9.69 Å². The number of nitrogens with zero attached hydrogens (tertiary/aromatic N) is 4. The van der Waals surface area contributed by atoms with Crippen LogP contribution < -0.4 is 10.2 Å². The van der Waals surface area contributed by atoms with Gasteiger partial charge in [-0.05, 0) is 37.1 Å². The molecule has 1 atom stereocenters. The van der Waals surface area contributed by atoms with E-state index in [9.17, 15) is 4.79 Å². The molecule has 4 heterocycles. The molecule has 1 aliphatic carbocycles. The first-order chi connectivity index (χ1) is 14.3. The first-order valence-electron chi connectivity index (χ1n) is 10.8. The Hall–Kier alpha value is -1.38. The predicted molar refractivity (Wildman–Crippen MR) is 121 cm³/mol. The van der Waals surface area contributed by atoms with Gasteiger partial charge in [-0.1, -0.05) is 12.8 Å². The van der Waals surface area contributed by atoms with Crippen LogP contribution in [-0.2, 0) is 4.79 Å². The van der Waals surface area contributed by atoms with Crippen LogP contribution in [0.2, 0.25) is 0 Å². The van der Waals surface area contributed by atoms with Gasteiger partial charge >= 0.3 is 0 Å². The van der Waals surface area contributed by atoms with Crippen molar-refractivity contribution in [1.29, 1.82) is 0 Å². The minimum absolute atomic E-state index is 0.122. The highest BCUT2D eigenvalue weighted by atomic mass is 32.2. The monoisotopic (exact) mass is 431 g/mol. The summed E-state index contributed by atoms with van der Waals surface area (Å²) in [5, 5.41) is 6.49. The summed E-state index contributed by atoms with van der Waals surface area (Å²) < 4.78 is 0. The molecule has 2 saturated heterocycles. The summed E-state index contributed by atoms with van der Waals surface area (Å²) in [5.74, 6) is 3.52. The van der Waals surface area contributed by atoms with Crippen LogP contribution in [0.25, 0.3) is 10.2 Å². The topological polar surface area (TPSA) is 61.4 Å². The van der Waals surface area contributed by atoms with Gasteiger partial charge in [0.15, 0.2) is 0 Å². The van der Waals surface area contributed by atoms with E-state index in [4.69, 9.17) is 0 Å². The summed E-state index contributed by atoms with van der Waals surface area (Å²) in [7, 11) is 0. The Morgan fingerprint density at radius 3 is 2.83 bits per heavy atom. The number of thioether (sulfide) groups is 1. The second-order valence-electron chi connectivity index (χ2n) is 8.44. The van der Waals surface area contributed by atoms with Gasteiger partial charge in [0.25, 0.3) is 0 Å². The van der Waals surface area contributed by atoms with E-state index in [0.717, 1.165) is 55.1 Å². The van der Waals surface area contributed by atoms with E-state index in [0.29, 0.717) is 0 Å². The van der Waals surface area contributed by atoms with E-state index >= 15 is 0 Å². The molecule has 2 aromatic heterocycles. The third-order valence-electron chi connectivity index (χ3n) is 6.88. The summed E-state index contributed by atoms with van der Waals surface area (Å²) in [4.78, 5) is 28.0. The van der Waals surface area contributed by atoms with Crippen molar-refractivity contribution in [1.82, 2.24) is 20.2 Å². The Balaban J connectivity index is 1.30. The van der Waals surface area contributed by atoms with Crippen molar-refractivity contribution in [2.24, 2.45) is 0 Å². The summed E-state index contributed by atoms with van der Waals surface area (Å²) in [6.07, 6.45) is 8.56. The van der Waals surface area contributed by atoms with Gasteiger partial charge in [0.1, 0.15) is 23.0 Å². The van der Waals surface area contributed by atoms with Gasteiger partial charge < -0.3 is 10.2 Å². The average Bonchev–Trinajstić information content (AvgIpc) is 3.53. The first-order valence-corrected chi connectivity index (χ1v) is 12.9. The van der Waals surface area contributed by atoms with Gasteiger partial charge in [0.05, 0.1) is 5.39 Å². The quantitative estimate of drug-likeness (QED) is 0.785. The molecule has 0 spiro atoms. The largest absolute Gasteiger partial charge is 0.352 e. The SMILES string of the molecule is O=C(NCC1(N2CCSCC2)CCCC1)C1CCCN1c1ncnc2sccc12. The van der Waals surface area contributed by atoms with Gasteiger partial charge in [0, 0.05) is 43.2 Å². The molecular formula is C21H29N5OS2. The van der Waals surface area contributed by atoms with E-state index in [1.807, 2.05) is 0 Å². The third kappa shape index (κ3) is 3.75. The fraction of sp³-hybridized carbons (Fsp3) is 0.667. The summed E-state index contributed by atoms with van der Waals surface area (Å²) >= 11 is 3.68. The van der Waals surface area contributed by atoms with E-state index in [1.165, 1.54) is 37.2 Å². The molecule has 29 heavy (non-hydrogen) atoms. The van der Waals surface area contributed by atoms with Crippen LogP contribution in [0.1, 0.15) is 38.5 Å². The van der Waals surface area contributed by atoms with Gasteiger partial charge in [-0.15, -0.1) is 11.3 Å². The van der Waals surface area contributed by atoms with Crippen LogP contribution in [-0.4, -0.2) is 70.0 Å². The number of aromatic nitrogens is 2. The predicted octanol–water partition coefficient (Wildman–Crippen LogP) is 3.14. The van der Waals surface area contributed by atoms with Gasteiger partial charge in [0.2, 0.25) is 5.91 Å². The first kappa shape index (κ1) is 19.6. The molecule has 3 aliphatic rings. The Labute approximate surface area is 180 Å². The van der Waals surface area contributed by atoms with Crippen molar-refractivity contribution >= 4 is 45.0 Å². The minimum Gasteiger partial charge on any atom is -0.352 e. The number of fused-ring (bicyclic) bond motifs is 1. The number of anilines is 1. The van der Waals surface area contributed by atoms with Crippen molar-refractivity contribution in [3.05, 3.63) is 17.8 Å². The molecule has 8 heteroatoms. The zero-order chi connectivity index (χ0) is 19.7. The highest BCUT2D eigenvalue weighted by Gasteiger charge is 2.41. The lowest BCUT2D eigenvalue weighted by atomic mass is 9.94. The van der Waals surface area contributed by atoms with E-state index in [1.54, 1.807) is 17.7 Å². The van der Waals surface area contributed by atoms with Crippen molar-refractivity contribution in [2.75, 3.05) is 42.6 Å². The highest BCUT2D eigenvalue weighted by molar-refractivity contribution is 7.99. The highest BCUT2D eigenvalue weighted by Crippen LogP contribution is 2.37. The summed E-state index contributed by atoms with van der Waals surface area (Å²) in [5.41, 5.74) is 0.176. The number of carbonyl (C=O) groups is 1. The Kier molecular flexibility index (Phi) is 5.67. The molecule has 2 aliphatic heterocycles. The smallest absolute Gasteiger partial charge is 0.242 e. The number of thiophene rings is 1. The molecule has 1 saturated carbocycles. The van der Waals surface area contributed by atoms with Crippen LogP contribution in [0.15, 0.2) is 17.8 Å². The molecule has 5 rings (SSSR count). The van der Waals surface area contributed by atoms with Gasteiger partial charge in [-0.2, -0.15) is 11.8 Å². The number of rotatable bonds is 5. The van der Waals surface area contributed by atoms with E-state index < -0.39 is 0 Å². The molecule has 1 unspecified atom stereocenters. The van der Waals surface area contributed by atoms with Crippen LogP contribution >= 0.6 is 23.1 Å². The number of amides is 1. The zero-order valence-corrected chi connectivity index (χ0v) is 18.4. The van der Waals surface area contributed by atoms with Crippen LogP contribution in [0, 0.1) is 0 Å². The Bertz CT molecular complexity index is 860. The van der Waals surface area contributed by atoms with Crippen molar-refractivity contribution in [3.63, 3.8) is 0 Å². The second kappa shape index (κ2) is 8.40. The lowest BCUT2D eigenvalue weighted by Crippen LogP contribution is -2.58. The molecule has 1 amide bonds. The Morgan fingerprint density at radius 2 is 2.00 bits per heavy atom. The molecular weight excluding hydrogens is 402 g/mol.